The Morgan fingerprint density at radius 2 is 1.91 bits per heavy atom. The van der Waals surface area contributed by atoms with Gasteiger partial charge in [0.1, 0.15) is 22.3 Å². The number of halogens is 1. The van der Waals surface area contributed by atoms with Crippen molar-refractivity contribution in [2.24, 2.45) is 5.92 Å². The summed E-state index contributed by atoms with van der Waals surface area (Å²) in [5, 5.41) is 2.87. The minimum Gasteiger partial charge on any atom is -0.495 e. The van der Waals surface area contributed by atoms with Crippen LogP contribution in [0.5, 0.6) is 5.75 Å². The van der Waals surface area contributed by atoms with Crippen molar-refractivity contribution in [1.82, 2.24) is 14.3 Å². The van der Waals surface area contributed by atoms with Crippen LogP contribution in [0.2, 0.25) is 0 Å². The Hall–Kier alpha value is -3.57. The lowest BCUT2D eigenvalue weighted by Gasteiger charge is -2.31. The number of nitrogens with one attached hydrogen (secondary N) is 2. The van der Waals surface area contributed by atoms with Crippen LogP contribution in [0, 0.1) is 18.7 Å². The van der Waals surface area contributed by atoms with Gasteiger partial charge in [-0.1, -0.05) is 12.1 Å². The van der Waals surface area contributed by atoms with Gasteiger partial charge in [0.15, 0.2) is 0 Å². The van der Waals surface area contributed by atoms with E-state index in [9.17, 15) is 22.4 Å². The fourth-order valence-corrected chi connectivity index (χ4v) is 5.69. The van der Waals surface area contributed by atoms with Crippen LogP contribution in [0.4, 0.5) is 10.1 Å². The van der Waals surface area contributed by atoms with E-state index in [1.54, 1.807) is 31.2 Å². The summed E-state index contributed by atoms with van der Waals surface area (Å²) in [6.07, 6.45) is 0.629. The lowest BCUT2D eigenvalue weighted by Crippen LogP contribution is -2.41. The molecule has 1 aliphatic rings. The number of sulfonamides is 1. The summed E-state index contributed by atoms with van der Waals surface area (Å²) in [6.45, 7) is 1.96. The highest BCUT2D eigenvalue weighted by molar-refractivity contribution is 7.89. The number of benzene rings is 2. The first-order chi connectivity index (χ1) is 16.7. The average molecular weight is 501 g/mol. The zero-order chi connectivity index (χ0) is 25.2. The number of carbonyl (C=O) groups is 1. The molecule has 2 aromatic carbocycles. The zero-order valence-electron chi connectivity index (χ0n) is 19.2. The fraction of sp³-hybridized carbons (Fsp3) is 0.292. The van der Waals surface area contributed by atoms with E-state index < -0.39 is 21.8 Å². The molecule has 2 heterocycles. The van der Waals surface area contributed by atoms with Crippen molar-refractivity contribution in [1.29, 1.82) is 0 Å². The van der Waals surface area contributed by atoms with Crippen LogP contribution in [-0.2, 0) is 14.8 Å². The number of methoxy groups -OCH3 is 1. The standard InChI is InChI=1S/C24H25FN4O5S/c1-15-12-22(30)28-23(26-15)17-4-3-5-19(13-17)27-24(31)16-8-10-29(11-9-16)35(32,33)21-14-18(25)6-7-20(21)34-2/h3-7,12-14,16H,8-11H2,1-2H3,(H,27,31)(H,26,28,30). The topological polar surface area (TPSA) is 121 Å². The molecular weight excluding hydrogens is 475 g/mol. The smallest absolute Gasteiger partial charge is 0.251 e. The normalized spacial score (nSPS) is 15.1. The van der Waals surface area contributed by atoms with Gasteiger partial charge in [0.2, 0.25) is 15.9 Å². The molecule has 4 rings (SSSR count). The number of aromatic nitrogens is 2. The van der Waals surface area contributed by atoms with E-state index in [0.29, 0.717) is 35.6 Å². The molecule has 184 valence electrons. The quantitative estimate of drug-likeness (QED) is 0.537. The molecular formula is C24H25FN4O5S. The van der Waals surface area contributed by atoms with E-state index in [0.717, 1.165) is 12.1 Å². The molecule has 1 fully saturated rings. The van der Waals surface area contributed by atoms with Crippen molar-refractivity contribution in [3.63, 3.8) is 0 Å². The molecule has 2 N–H and O–H groups in total. The second kappa shape index (κ2) is 9.96. The Morgan fingerprint density at radius 1 is 1.17 bits per heavy atom. The van der Waals surface area contributed by atoms with E-state index in [-0.39, 0.29) is 35.2 Å². The second-order valence-corrected chi connectivity index (χ2v) is 10.2. The first-order valence-corrected chi connectivity index (χ1v) is 12.4. The monoisotopic (exact) mass is 500 g/mol. The van der Waals surface area contributed by atoms with Crippen molar-refractivity contribution < 1.29 is 22.3 Å². The summed E-state index contributed by atoms with van der Waals surface area (Å²) in [5.41, 5.74) is 1.50. The first kappa shape index (κ1) is 24.6. The van der Waals surface area contributed by atoms with Gasteiger partial charge in [-0.05, 0) is 50.1 Å². The number of aryl methyl sites for hydroxylation is 1. The molecule has 0 spiro atoms. The number of piperidine rings is 1. The fourth-order valence-electron chi connectivity index (χ4n) is 4.05. The van der Waals surface area contributed by atoms with Crippen molar-refractivity contribution >= 4 is 21.6 Å². The van der Waals surface area contributed by atoms with Gasteiger partial charge in [-0.3, -0.25) is 9.59 Å². The molecule has 11 heteroatoms. The summed E-state index contributed by atoms with van der Waals surface area (Å²) in [6, 6.07) is 11.7. The lowest BCUT2D eigenvalue weighted by atomic mass is 9.97. The molecule has 0 unspecified atom stereocenters. The Balaban J connectivity index is 1.43. The van der Waals surface area contributed by atoms with Crippen molar-refractivity contribution in [3.8, 4) is 17.1 Å². The summed E-state index contributed by atoms with van der Waals surface area (Å²) in [4.78, 5) is 31.4. The van der Waals surface area contributed by atoms with Crippen molar-refractivity contribution in [2.75, 3.05) is 25.5 Å². The van der Waals surface area contributed by atoms with E-state index >= 15 is 0 Å². The number of nitrogens with zero attached hydrogens (tertiary/aromatic N) is 2. The highest BCUT2D eigenvalue weighted by Gasteiger charge is 2.34. The number of aromatic amines is 1. The predicted molar refractivity (Wildman–Crippen MR) is 128 cm³/mol. The average Bonchev–Trinajstić information content (AvgIpc) is 2.83. The molecule has 1 amide bonds. The highest BCUT2D eigenvalue weighted by atomic mass is 32.2. The van der Waals surface area contributed by atoms with E-state index in [4.69, 9.17) is 4.74 Å². The Kier molecular flexibility index (Phi) is 6.99. The molecule has 1 saturated heterocycles. The molecule has 0 saturated carbocycles. The summed E-state index contributed by atoms with van der Waals surface area (Å²) >= 11 is 0. The summed E-state index contributed by atoms with van der Waals surface area (Å²) in [7, 11) is -2.65. The highest BCUT2D eigenvalue weighted by Crippen LogP contribution is 2.31. The summed E-state index contributed by atoms with van der Waals surface area (Å²) in [5.74, 6) is -0.830. The van der Waals surface area contributed by atoms with Crippen LogP contribution in [0.25, 0.3) is 11.4 Å². The maximum absolute atomic E-state index is 13.7. The predicted octanol–water partition coefficient (Wildman–Crippen LogP) is 2.93. The van der Waals surface area contributed by atoms with E-state index in [1.807, 2.05) is 0 Å². The van der Waals surface area contributed by atoms with Gasteiger partial charge in [-0.25, -0.2) is 17.8 Å². The third-order valence-corrected chi connectivity index (χ3v) is 7.76. The SMILES string of the molecule is COc1ccc(F)cc1S(=O)(=O)N1CCC(C(=O)Nc2cccc(-c3nc(C)cc(=O)[nH]3)c2)CC1. The lowest BCUT2D eigenvalue weighted by molar-refractivity contribution is -0.120. The van der Waals surface area contributed by atoms with Gasteiger partial charge in [-0.2, -0.15) is 4.31 Å². The Bertz CT molecular complexity index is 1420. The molecule has 0 atom stereocenters. The van der Waals surface area contributed by atoms with Crippen molar-refractivity contribution in [2.45, 2.75) is 24.7 Å². The number of carbonyl (C=O) groups excluding carboxylic acids is 1. The third-order valence-electron chi connectivity index (χ3n) is 5.84. The maximum atomic E-state index is 13.7. The zero-order valence-corrected chi connectivity index (χ0v) is 20.1. The number of amides is 1. The molecule has 9 nitrogen and oxygen atoms in total. The summed E-state index contributed by atoms with van der Waals surface area (Å²) < 4.78 is 46.2. The van der Waals surface area contributed by atoms with Gasteiger partial charge in [0, 0.05) is 42.0 Å². The molecule has 0 aliphatic carbocycles. The Morgan fingerprint density at radius 3 is 2.60 bits per heavy atom. The molecule has 3 aromatic rings. The minimum absolute atomic E-state index is 0.0654. The largest absolute Gasteiger partial charge is 0.495 e. The molecule has 0 radical (unpaired) electrons. The van der Waals surface area contributed by atoms with Crippen LogP contribution < -0.4 is 15.6 Å². The van der Waals surface area contributed by atoms with Crippen LogP contribution in [0.1, 0.15) is 18.5 Å². The van der Waals surface area contributed by atoms with Crippen LogP contribution in [0.3, 0.4) is 0 Å². The van der Waals surface area contributed by atoms with Crippen molar-refractivity contribution in [3.05, 3.63) is 70.4 Å². The molecule has 1 aliphatic heterocycles. The number of H-pyrrole nitrogens is 1. The van der Waals surface area contributed by atoms with Crippen LogP contribution >= 0.6 is 0 Å². The third kappa shape index (κ3) is 5.41. The maximum Gasteiger partial charge on any atom is 0.251 e. The number of hydrogen-bond donors (Lipinski definition) is 2. The second-order valence-electron chi connectivity index (χ2n) is 8.28. The molecule has 0 bridgehead atoms. The number of rotatable bonds is 6. The van der Waals surface area contributed by atoms with Crippen LogP contribution in [0.15, 0.2) is 58.2 Å². The van der Waals surface area contributed by atoms with E-state index in [1.165, 1.54) is 23.5 Å². The molecule has 1 aromatic heterocycles. The number of ether oxygens (including phenoxy) is 1. The van der Waals surface area contributed by atoms with Gasteiger partial charge < -0.3 is 15.0 Å². The van der Waals surface area contributed by atoms with Gasteiger partial charge in [-0.15, -0.1) is 0 Å². The Labute approximate surface area is 202 Å². The minimum atomic E-state index is -3.98. The number of hydrogen-bond acceptors (Lipinski definition) is 6. The van der Waals surface area contributed by atoms with Gasteiger partial charge in [0.25, 0.3) is 5.56 Å². The van der Waals surface area contributed by atoms with E-state index in [2.05, 4.69) is 15.3 Å². The van der Waals surface area contributed by atoms with Gasteiger partial charge >= 0.3 is 0 Å². The van der Waals surface area contributed by atoms with Crippen LogP contribution in [-0.4, -0.2) is 48.8 Å². The molecule has 35 heavy (non-hydrogen) atoms. The first-order valence-electron chi connectivity index (χ1n) is 11.0. The number of anilines is 1. The van der Waals surface area contributed by atoms with Gasteiger partial charge in [0.05, 0.1) is 7.11 Å².